The first-order chi connectivity index (χ1) is 7.11. The fourth-order valence-corrected chi connectivity index (χ4v) is 2.93. The Labute approximate surface area is 90.0 Å². The molecule has 0 fully saturated rings. The summed E-state index contributed by atoms with van der Waals surface area (Å²) in [6.07, 6.45) is 0. The molecule has 7 heteroatoms. The number of nitrogens with one attached hydrogen (secondary N) is 1. The summed E-state index contributed by atoms with van der Waals surface area (Å²) < 4.78 is 1.05. The van der Waals surface area contributed by atoms with E-state index in [4.69, 9.17) is 5.11 Å². The van der Waals surface area contributed by atoms with Crippen LogP contribution in [0.15, 0.2) is 10.9 Å². The Bertz CT molecular complexity index is 589. The van der Waals surface area contributed by atoms with Crippen molar-refractivity contribution in [3.63, 3.8) is 0 Å². The number of aromatic nitrogens is 2. The Balaban J connectivity index is 2.76. The van der Waals surface area contributed by atoms with Crippen LogP contribution in [0.2, 0.25) is 0 Å². The molecule has 2 N–H and O–H groups in total. The second-order valence-corrected chi connectivity index (χ2v) is 5.23. The van der Waals surface area contributed by atoms with Gasteiger partial charge in [0.1, 0.15) is 4.83 Å². The number of rotatable bonds is 2. The van der Waals surface area contributed by atoms with Crippen LogP contribution in [0.25, 0.3) is 10.2 Å². The van der Waals surface area contributed by atoms with Gasteiger partial charge in [0.2, 0.25) is 5.82 Å². The van der Waals surface area contributed by atoms with Crippen molar-refractivity contribution in [2.75, 3.05) is 6.66 Å². The Morgan fingerprint density at radius 3 is 3.00 bits per heavy atom. The quantitative estimate of drug-likeness (QED) is 0.756. The summed E-state index contributed by atoms with van der Waals surface area (Å²) in [5.74, 6) is -1.52. The molecule has 0 aliphatic carbocycles. The van der Waals surface area contributed by atoms with Crippen LogP contribution < -0.4 is 10.2 Å². The van der Waals surface area contributed by atoms with E-state index >= 15 is 0 Å². The van der Waals surface area contributed by atoms with Crippen molar-refractivity contribution >= 4 is 40.7 Å². The molecule has 5 nitrogen and oxygen atoms in total. The first-order valence-electron chi connectivity index (χ1n) is 4.06. The molecule has 0 saturated carbocycles. The Morgan fingerprint density at radius 2 is 2.40 bits per heavy atom. The number of aromatic amines is 1. The van der Waals surface area contributed by atoms with Gasteiger partial charge in [0.05, 0.1) is 5.39 Å². The fraction of sp³-hybridized carbons (Fsp3) is 0.125. The van der Waals surface area contributed by atoms with Gasteiger partial charge in [-0.05, 0) is 12.7 Å². The molecular formula is C8H7N2O3PS. The van der Waals surface area contributed by atoms with Gasteiger partial charge in [-0.25, -0.2) is 9.78 Å². The normalized spacial score (nSPS) is 11.5. The molecule has 2 aromatic heterocycles. The van der Waals surface area contributed by atoms with Crippen LogP contribution in [0.5, 0.6) is 0 Å². The molecule has 0 saturated heterocycles. The smallest absolute Gasteiger partial charge is 0.372 e. The highest BCUT2D eigenvalue weighted by molar-refractivity contribution is 7.57. The predicted molar refractivity (Wildman–Crippen MR) is 61.1 cm³/mol. The first-order valence-corrected chi connectivity index (χ1v) is 6.38. The third-order valence-electron chi connectivity index (χ3n) is 1.85. The highest BCUT2D eigenvalue weighted by Gasteiger charge is 2.11. The van der Waals surface area contributed by atoms with Crippen LogP contribution in [0.4, 0.5) is 0 Å². The van der Waals surface area contributed by atoms with Crippen molar-refractivity contribution in [2.45, 2.75) is 0 Å². The van der Waals surface area contributed by atoms with E-state index in [1.807, 2.05) is 6.66 Å². The van der Waals surface area contributed by atoms with Crippen molar-refractivity contribution in [1.29, 1.82) is 0 Å². The minimum Gasteiger partial charge on any atom is -0.475 e. The highest BCUT2D eigenvalue weighted by atomic mass is 32.1. The number of aromatic carboxylic acids is 1. The number of H-pyrrole nitrogens is 1. The number of fused-ring (bicyclic) bond motifs is 1. The average molecular weight is 242 g/mol. The molecule has 0 aliphatic rings. The van der Waals surface area contributed by atoms with Crippen LogP contribution >= 0.6 is 19.9 Å². The van der Waals surface area contributed by atoms with Gasteiger partial charge >= 0.3 is 5.97 Å². The standard InChI is InChI=1S/C8H7N2O3PS/c1-14-4-2-3-6(11)9-5(8(12)13)10-7(3)15-4/h2,14H,1H3,(H,12,13)(H,9,10,11). The summed E-state index contributed by atoms with van der Waals surface area (Å²) in [7, 11) is 0.579. The molecule has 0 aliphatic heterocycles. The van der Waals surface area contributed by atoms with Crippen LogP contribution in [-0.4, -0.2) is 27.7 Å². The zero-order valence-electron chi connectivity index (χ0n) is 7.70. The second-order valence-electron chi connectivity index (χ2n) is 2.80. The molecule has 2 rings (SSSR count). The minimum atomic E-state index is -1.22. The molecule has 0 amide bonds. The predicted octanol–water partition coefficient (Wildman–Crippen LogP) is 0.616. The molecule has 0 radical (unpaired) electrons. The van der Waals surface area contributed by atoms with Crippen LogP contribution in [-0.2, 0) is 0 Å². The van der Waals surface area contributed by atoms with Gasteiger partial charge in [0, 0.05) is 4.62 Å². The fourth-order valence-electron chi connectivity index (χ4n) is 1.16. The lowest BCUT2D eigenvalue weighted by Crippen LogP contribution is -2.14. The summed E-state index contributed by atoms with van der Waals surface area (Å²) in [6.45, 7) is 2.00. The van der Waals surface area contributed by atoms with Gasteiger partial charge in [0.25, 0.3) is 5.56 Å². The van der Waals surface area contributed by atoms with E-state index in [2.05, 4.69) is 9.97 Å². The number of carboxylic acids is 1. The van der Waals surface area contributed by atoms with E-state index in [9.17, 15) is 9.59 Å². The molecule has 15 heavy (non-hydrogen) atoms. The maximum atomic E-state index is 11.5. The topological polar surface area (TPSA) is 83.0 Å². The molecule has 78 valence electrons. The van der Waals surface area contributed by atoms with Crippen LogP contribution in [0.3, 0.4) is 0 Å². The number of thiophene rings is 1. The Kier molecular flexibility index (Phi) is 2.54. The van der Waals surface area contributed by atoms with Crippen molar-refractivity contribution < 1.29 is 9.90 Å². The van der Waals surface area contributed by atoms with E-state index < -0.39 is 11.5 Å². The molecule has 0 spiro atoms. The zero-order chi connectivity index (χ0) is 11.0. The number of carbonyl (C=O) groups is 1. The van der Waals surface area contributed by atoms with Gasteiger partial charge in [0.15, 0.2) is 0 Å². The van der Waals surface area contributed by atoms with Gasteiger partial charge in [-0.2, -0.15) is 0 Å². The van der Waals surface area contributed by atoms with Crippen molar-refractivity contribution in [1.82, 2.24) is 9.97 Å². The summed E-state index contributed by atoms with van der Waals surface area (Å²) in [6, 6.07) is 1.76. The van der Waals surface area contributed by atoms with Crippen molar-refractivity contribution in [3.8, 4) is 0 Å². The minimum absolute atomic E-state index is 0.305. The Hall–Kier alpha value is -1.26. The molecule has 1 unspecified atom stereocenters. The maximum absolute atomic E-state index is 11.5. The molecule has 1 atom stereocenters. The van der Waals surface area contributed by atoms with Crippen molar-refractivity contribution in [2.24, 2.45) is 0 Å². The van der Waals surface area contributed by atoms with Crippen LogP contribution in [0.1, 0.15) is 10.6 Å². The molecule has 0 bridgehead atoms. The number of carboxylic acid groups (broad SMARTS) is 1. The Morgan fingerprint density at radius 1 is 1.67 bits per heavy atom. The maximum Gasteiger partial charge on any atom is 0.372 e. The lowest BCUT2D eigenvalue weighted by Gasteiger charge is -1.92. The average Bonchev–Trinajstić information content (AvgIpc) is 2.61. The number of hydrogen-bond donors (Lipinski definition) is 2. The monoisotopic (exact) mass is 242 g/mol. The first kappa shape index (κ1) is 10.3. The van der Waals surface area contributed by atoms with E-state index in [0.29, 0.717) is 18.8 Å². The van der Waals surface area contributed by atoms with Gasteiger partial charge < -0.3 is 10.1 Å². The van der Waals surface area contributed by atoms with E-state index in [1.165, 1.54) is 11.3 Å². The van der Waals surface area contributed by atoms with E-state index in [-0.39, 0.29) is 5.82 Å². The summed E-state index contributed by atoms with van der Waals surface area (Å²) >= 11 is 1.36. The number of nitrogens with zero attached hydrogens (tertiary/aromatic N) is 1. The highest BCUT2D eigenvalue weighted by Crippen LogP contribution is 2.18. The lowest BCUT2D eigenvalue weighted by molar-refractivity contribution is 0.0683. The van der Waals surface area contributed by atoms with Crippen LogP contribution in [0, 0.1) is 0 Å². The molecule has 2 aromatic rings. The van der Waals surface area contributed by atoms with E-state index in [1.54, 1.807) is 6.07 Å². The lowest BCUT2D eigenvalue weighted by atomic mass is 10.4. The third kappa shape index (κ3) is 1.78. The number of hydrogen-bond acceptors (Lipinski definition) is 4. The van der Waals surface area contributed by atoms with E-state index in [0.717, 1.165) is 4.62 Å². The van der Waals surface area contributed by atoms with Gasteiger partial charge in [-0.1, -0.05) is 8.58 Å². The molecular weight excluding hydrogens is 235 g/mol. The largest absolute Gasteiger partial charge is 0.475 e. The van der Waals surface area contributed by atoms with Gasteiger partial charge in [-0.3, -0.25) is 4.79 Å². The summed E-state index contributed by atoms with van der Waals surface area (Å²) in [4.78, 5) is 28.7. The van der Waals surface area contributed by atoms with Crippen molar-refractivity contribution in [3.05, 3.63) is 22.2 Å². The summed E-state index contributed by atoms with van der Waals surface area (Å²) in [5, 5.41) is 9.17. The zero-order valence-corrected chi connectivity index (χ0v) is 9.51. The molecule has 2 heterocycles. The second kappa shape index (κ2) is 3.72. The third-order valence-corrected chi connectivity index (χ3v) is 4.25. The molecule has 0 aromatic carbocycles. The summed E-state index contributed by atoms with van der Waals surface area (Å²) in [5.41, 5.74) is -0.391. The SMILES string of the molecule is CPc1cc2c(=O)[nH]c(C(=O)O)nc2s1. The van der Waals surface area contributed by atoms with Gasteiger partial charge in [-0.15, -0.1) is 11.3 Å².